The number of nitrogens with one attached hydrogen (secondary N) is 1. The lowest BCUT2D eigenvalue weighted by Gasteiger charge is -2.31. The molecule has 0 radical (unpaired) electrons. The molecule has 2 N–H and O–H groups in total. The van der Waals surface area contributed by atoms with Gasteiger partial charge in [-0.1, -0.05) is 31.5 Å². The van der Waals surface area contributed by atoms with Crippen LogP contribution in [0.3, 0.4) is 0 Å². The van der Waals surface area contributed by atoms with Gasteiger partial charge in [-0.05, 0) is 55.7 Å². The molecular formula is C16H22ClNO2. The molecule has 0 spiro atoms. The van der Waals surface area contributed by atoms with Crippen LogP contribution in [-0.2, 0) is 4.79 Å². The number of rotatable bonds is 3. The highest BCUT2D eigenvalue weighted by atomic mass is 35.5. The third kappa shape index (κ3) is 3.45. The Morgan fingerprint density at radius 1 is 1.25 bits per heavy atom. The lowest BCUT2D eigenvalue weighted by molar-refractivity contribution is -0.142. The van der Waals surface area contributed by atoms with E-state index in [0.29, 0.717) is 17.9 Å². The number of carbonyl (C=O) groups is 1. The summed E-state index contributed by atoms with van der Waals surface area (Å²) in [6.07, 6.45) is 4.19. The molecule has 20 heavy (non-hydrogen) atoms. The van der Waals surface area contributed by atoms with Gasteiger partial charge in [0.15, 0.2) is 0 Å². The van der Waals surface area contributed by atoms with E-state index in [1.807, 2.05) is 12.1 Å². The highest BCUT2D eigenvalue weighted by molar-refractivity contribution is 6.30. The molecule has 0 bridgehead atoms. The molecule has 1 aromatic rings. The molecule has 1 atom stereocenters. The summed E-state index contributed by atoms with van der Waals surface area (Å²) in [5.41, 5.74) is 0.116. The third-order valence-electron chi connectivity index (χ3n) is 4.30. The van der Waals surface area contributed by atoms with Crippen molar-refractivity contribution < 1.29 is 9.90 Å². The maximum atomic E-state index is 11.8. The van der Waals surface area contributed by atoms with Crippen molar-refractivity contribution >= 4 is 23.3 Å². The molecule has 1 aromatic carbocycles. The molecule has 0 aromatic heterocycles. The monoisotopic (exact) mass is 295 g/mol. The Morgan fingerprint density at radius 3 is 2.65 bits per heavy atom. The molecule has 1 fully saturated rings. The number of carboxylic acids is 1. The molecule has 0 heterocycles. The molecule has 1 aliphatic rings. The first-order chi connectivity index (χ1) is 9.33. The van der Waals surface area contributed by atoms with Crippen molar-refractivity contribution in [1.82, 2.24) is 0 Å². The van der Waals surface area contributed by atoms with Gasteiger partial charge in [0.05, 0.1) is 0 Å². The summed E-state index contributed by atoms with van der Waals surface area (Å²) in [5, 5.41) is 13.6. The van der Waals surface area contributed by atoms with Crippen molar-refractivity contribution in [2.45, 2.75) is 51.5 Å². The van der Waals surface area contributed by atoms with E-state index in [4.69, 9.17) is 11.6 Å². The highest BCUT2D eigenvalue weighted by Crippen LogP contribution is 2.39. The Bertz CT molecular complexity index is 501. The van der Waals surface area contributed by atoms with Gasteiger partial charge in [0.25, 0.3) is 0 Å². The summed E-state index contributed by atoms with van der Waals surface area (Å²) < 4.78 is 0. The molecule has 110 valence electrons. The van der Waals surface area contributed by atoms with E-state index in [1.165, 1.54) is 0 Å². The first kappa shape index (κ1) is 15.2. The molecule has 1 saturated carbocycles. The van der Waals surface area contributed by atoms with Crippen LogP contribution in [-0.4, -0.2) is 16.6 Å². The van der Waals surface area contributed by atoms with Gasteiger partial charge >= 0.3 is 5.97 Å². The van der Waals surface area contributed by atoms with Crippen molar-refractivity contribution in [3.05, 3.63) is 29.3 Å². The lowest BCUT2D eigenvalue weighted by atomic mass is 9.83. The number of aliphatic carboxylic acids is 1. The molecule has 2 rings (SSSR count). The third-order valence-corrected chi connectivity index (χ3v) is 4.54. The van der Waals surface area contributed by atoms with E-state index in [-0.39, 0.29) is 5.41 Å². The minimum absolute atomic E-state index is 0.215. The Morgan fingerprint density at radius 2 is 2.00 bits per heavy atom. The fourth-order valence-electron chi connectivity index (χ4n) is 2.91. The van der Waals surface area contributed by atoms with Crippen LogP contribution >= 0.6 is 11.6 Å². The minimum Gasteiger partial charge on any atom is -0.480 e. The maximum Gasteiger partial charge on any atom is 0.329 e. The van der Waals surface area contributed by atoms with Crippen LogP contribution in [0.4, 0.5) is 5.69 Å². The Balaban J connectivity index is 2.24. The Kier molecular flexibility index (Phi) is 4.28. The van der Waals surface area contributed by atoms with E-state index < -0.39 is 11.5 Å². The van der Waals surface area contributed by atoms with Gasteiger partial charge in [-0.2, -0.15) is 0 Å². The molecule has 0 saturated heterocycles. The summed E-state index contributed by atoms with van der Waals surface area (Å²) in [4.78, 5) is 11.8. The minimum atomic E-state index is -0.877. The Hall–Kier alpha value is -1.22. The first-order valence-electron chi connectivity index (χ1n) is 7.10. The van der Waals surface area contributed by atoms with Crippen molar-refractivity contribution in [2.24, 2.45) is 5.41 Å². The number of benzene rings is 1. The van der Waals surface area contributed by atoms with E-state index in [9.17, 15) is 9.90 Å². The number of anilines is 1. The zero-order valence-corrected chi connectivity index (χ0v) is 12.8. The largest absolute Gasteiger partial charge is 0.480 e. The SMILES string of the molecule is CC1(C)CCCC(Nc2cccc(Cl)c2)(C(=O)O)CC1. The fraction of sp³-hybridized carbons (Fsp3) is 0.562. The Labute approximate surface area is 125 Å². The van der Waals surface area contributed by atoms with Crippen LogP contribution in [0.5, 0.6) is 0 Å². The number of halogens is 1. The average molecular weight is 296 g/mol. The van der Waals surface area contributed by atoms with Gasteiger partial charge in [0, 0.05) is 10.7 Å². The zero-order valence-electron chi connectivity index (χ0n) is 12.1. The van der Waals surface area contributed by atoms with E-state index in [1.54, 1.807) is 12.1 Å². The highest BCUT2D eigenvalue weighted by Gasteiger charge is 2.41. The van der Waals surface area contributed by atoms with E-state index >= 15 is 0 Å². The molecular weight excluding hydrogens is 274 g/mol. The second-order valence-electron chi connectivity index (χ2n) is 6.54. The molecule has 4 heteroatoms. The van der Waals surface area contributed by atoms with Gasteiger partial charge in [-0.15, -0.1) is 0 Å². The van der Waals surface area contributed by atoms with Gasteiger partial charge in [0.2, 0.25) is 0 Å². The number of hydrogen-bond donors (Lipinski definition) is 2. The van der Waals surface area contributed by atoms with Crippen LogP contribution in [0.15, 0.2) is 24.3 Å². The molecule has 1 unspecified atom stereocenters. The van der Waals surface area contributed by atoms with Crippen molar-refractivity contribution in [3.63, 3.8) is 0 Å². The van der Waals surface area contributed by atoms with Crippen LogP contribution < -0.4 is 5.32 Å². The second kappa shape index (κ2) is 5.65. The second-order valence-corrected chi connectivity index (χ2v) is 6.98. The van der Waals surface area contributed by atoms with Crippen molar-refractivity contribution in [3.8, 4) is 0 Å². The molecule has 0 aliphatic heterocycles. The summed E-state index contributed by atoms with van der Waals surface area (Å²) >= 11 is 5.98. The van der Waals surface area contributed by atoms with Crippen molar-refractivity contribution in [2.75, 3.05) is 5.32 Å². The first-order valence-corrected chi connectivity index (χ1v) is 7.48. The van der Waals surface area contributed by atoms with E-state index in [0.717, 1.165) is 24.9 Å². The summed E-state index contributed by atoms with van der Waals surface area (Å²) in [5.74, 6) is -0.768. The quantitative estimate of drug-likeness (QED) is 0.803. The molecule has 0 amide bonds. The zero-order chi connectivity index (χ0) is 14.8. The lowest BCUT2D eigenvalue weighted by Crippen LogP contribution is -2.46. The van der Waals surface area contributed by atoms with Crippen LogP contribution in [0.1, 0.15) is 46.0 Å². The smallest absolute Gasteiger partial charge is 0.329 e. The standard InChI is InChI=1S/C16H22ClNO2/c1-15(2)7-4-8-16(10-9-15,14(19)20)18-13-6-3-5-12(17)11-13/h3,5-6,11,18H,4,7-10H2,1-2H3,(H,19,20). The van der Waals surface area contributed by atoms with Crippen LogP contribution in [0.25, 0.3) is 0 Å². The topological polar surface area (TPSA) is 49.3 Å². The number of hydrogen-bond acceptors (Lipinski definition) is 2. The summed E-state index contributed by atoms with van der Waals surface area (Å²) in [6.45, 7) is 4.43. The maximum absolute atomic E-state index is 11.8. The van der Waals surface area contributed by atoms with Gasteiger partial charge < -0.3 is 10.4 Å². The van der Waals surface area contributed by atoms with Crippen LogP contribution in [0.2, 0.25) is 5.02 Å². The fourth-order valence-corrected chi connectivity index (χ4v) is 3.10. The summed E-state index contributed by atoms with van der Waals surface area (Å²) in [7, 11) is 0. The summed E-state index contributed by atoms with van der Waals surface area (Å²) in [6, 6.07) is 7.27. The van der Waals surface area contributed by atoms with Gasteiger partial charge in [-0.25, -0.2) is 4.79 Å². The molecule has 3 nitrogen and oxygen atoms in total. The van der Waals surface area contributed by atoms with Gasteiger partial charge in [0.1, 0.15) is 5.54 Å². The van der Waals surface area contributed by atoms with Gasteiger partial charge in [-0.3, -0.25) is 0 Å². The predicted molar refractivity (Wildman–Crippen MR) is 82.3 cm³/mol. The molecule has 1 aliphatic carbocycles. The predicted octanol–water partition coefficient (Wildman–Crippen LogP) is 4.57. The van der Waals surface area contributed by atoms with Crippen LogP contribution in [0, 0.1) is 5.41 Å². The number of carboxylic acid groups (broad SMARTS) is 1. The normalized spacial score (nSPS) is 25.8. The van der Waals surface area contributed by atoms with Crippen molar-refractivity contribution in [1.29, 1.82) is 0 Å². The average Bonchev–Trinajstić information content (AvgIpc) is 2.49. The van der Waals surface area contributed by atoms with E-state index in [2.05, 4.69) is 19.2 Å².